The molecule has 5 nitrogen and oxygen atoms in total. The molecule has 148 valence electrons. The van der Waals surface area contributed by atoms with Crippen molar-refractivity contribution >= 4 is 17.4 Å². The normalized spacial score (nSPS) is 13.0. The number of hydrogen-bond acceptors (Lipinski definition) is 5. The second kappa shape index (κ2) is 11.5. The molecule has 1 unspecified atom stereocenters. The van der Waals surface area contributed by atoms with Crippen molar-refractivity contribution in [3.63, 3.8) is 0 Å². The lowest BCUT2D eigenvalue weighted by atomic mass is 9.85. The third-order valence-electron chi connectivity index (χ3n) is 4.09. The van der Waals surface area contributed by atoms with Gasteiger partial charge in [0.05, 0.1) is 18.9 Å². The van der Waals surface area contributed by atoms with Crippen molar-refractivity contribution in [2.24, 2.45) is 0 Å². The van der Waals surface area contributed by atoms with Crippen LogP contribution in [-0.2, 0) is 16.6 Å². The highest BCUT2D eigenvalue weighted by Crippen LogP contribution is 2.31. The average Bonchev–Trinajstić information content (AvgIpc) is 3.12. The SMILES string of the molecule is C=CC/C=C/Cc1csc(C(C)(C)C(O)C/C=C\C(=C)CNC(=O)OC)n1. The van der Waals surface area contributed by atoms with E-state index in [0.717, 1.165) is 29.1 Å². The maximum absolute atomic E-state index is 11.0. The molecule has 2 N–H and O–H groups in total. The summed E-state index contributed by atoms with van der Waals surface area (Å²) in [6.07, 6.45) is 10.7. The number of nitrogens with one attached hydrogen (secondary N) is 1. The second-order valence-corrected chi connectivity index (χ2v) is 7.58. The van der Waals surface area contributed by atoms with E-state index in [2.05, 4.69) is 40.3 Å². The zero-order valence-corrected chi connectivity index (χ0v) is 17.2. The largest absolute Gasteiger partial charge is 0.453 e. The van der Waals surface area contributed by atoms with Crippen molar-refractivity contribution in [3.8, 4) is 0 Å². The summed E-state index contributed by atoms with van der Waals surface area (Å²) in [4.78, 5) is 15.7. The van der Waals surface area contributed by atoms with Crippen LogP contribution < -0.4 is 5.32 Å². The van der Waals surface area contributed by atoms with Crippen molar-refractivity contribution in [2.45, 2.75) is 44.6 Å². The van der Waals surface area contributed by atoms with Crippen molar-refractivity contribution in [1.82, 2.24) is 10.3 Å². The third kappa shape index (κ3) is 7.93. The molecule has 0 radical (unpaired) electrons. The molecule has 0 aliphatic rings. The van der Waals surface area contributed by atoms with Gasteiger partial charge in [0.1, 0.15) is 5.01 Å². The van der Waals surface area contributed by atoms with Crippen LogP contribution in [0.5, 0.6) is 0 Å². The molecule has 0 bridgehead atoms. The van der Waals surface area contributed by atoms with Crippen molar-refractivity contribution in [3.05, 3.63) is 65.2 Å². The number of methoxy groups -OCH3 is 1. The average molecular weight is 391 g/mol. The molecule has 1 rings (SSSR count). The standard InChI is InChI=1S/C21H30N2O3S/c1-6-7-8-9-12-17-15-27-19(23-17)21(3,4)18(24)13-10-11-16(2)14-22-20(25)26-5/h6,8-11,15,18,24H,1-2,7,12-14H2,3-5H3,(H,22,25)/b9-8+,11-10-. The molecule has 27 heavy (non-hydrogen) atoms. The number of aliphatic hydroxyl groups is 1. The number of ether oxygens (including phenoxy) is 1. The predicted octanol–water partition coefficient (Wildman–Crippen LogP) is 4.31. The van der Waals surface area contributed by atoms with E-state index in [9.17, 15) is 9.90 Å². The summed E-state index contributed by atoms with van der Waals surface area (Å²) in [5.41, 5.74) is 1.28. The minimum atomic E-state index is -0.578. The predicted molar refractivity (Wildman–Crippen MR) is 112 cm³/mol. The summed E-state index contributed by atoms with van der Waals surface area (Å²) in [7, 11) is 1.31. The first-order chi connectivity index (χ1) is 12.8. The number of carbonyl (C=O) groups is 1. The summed E-state index contributed by atoms with van der Waals surface area (Å²) >= 11 is 1.57. The van der Waals surface area contributed by atoms with Crippen LogP contribution in [0.3, 0.4) is 0 Å². The van der Waals surface area contributed by atoms with Gasteiger partial charge in [0.15, 0.2) is 0 Å². The highest BCUT2D eigenvalue weighted by atomic mass is 32.1. The van der Waals surface area contributed by atoms with Crippen molar-refractivity contribution in [1.29, 1.82) is 0 Å². The molecule has 0 aromatic carbocycles. The highest BCUT2D eigenvalue weighted by molar-refractivity contribution is 7.09. The summed E-state index contributed by atoms with van der Waals surface area (Å²) in [6, 6.07) is 0. The maximum Gasteiger partial charge on any atom is 0.407 e. The van der Waals surface area contributed by atoms with E-state index in [1.165, 1.54) is 7.11 Å². The minimum Gasteiger partial charge on any atom is -0.453 e. The van der Waals surface area contributed by atoms with Gasteiger partial charge in [0.25, 0.3) is 0 Å². The second-order valence-electron chi connectivity index (χ2n) is 6.72. The lowest BCUT2D eigenvalue weighted by Crippen LogP contribution is -2.33. The molecule has 1 atom stereocenters. The van der Waals surface area contributed by atoms with Crippen molar-refractivity contribution in [2.75, 3.05) is 13.7 Å². The Morgan fingerprint density at radius 3 is 2.85 bits per heavy atom. The molecule has 0 aliphatic carbocycles. The number of aromatic nitrogens is 1. The first kappa shape index (κ1) is 22.9. The van der Waals surface area contributed by atoms with Gasteiger partial charge in [-0.3, -0.25) is 0 Å². The van der Waals surface area contributed by atoms with Gasteiger partial charge >= 0.3 is 6.09 Å². The van der Waals surface area contributed by atoms with E-state index < -0.39 is 17.6 Å². The zero-order chi connectivity index (χ0) is 20.3. The molecule has 0 saturated carbocycles. The Balaban J connectivity index is 2.57. The molecule has 6 heteroatoms. The number of hydrogen-bond donors (Lipinski definition) is 2. The fourth-order valence-electron chi connectivity index (χ4n) is 2.21. The zero-order valence-electron chi connectivity index (χ0n) is 16.4. The Morgan fingerprint density at radius 1 is 1.44 bits per heavy atom. The molecule has 0 aliphatic heterocycles. The van der Waals surface area contributed by atoms with Crippen LogP contribution in [0, 0.1) is 0 Å². The number of allylic oxidation sites excluding steroid dienone is 3. The molecule has 0 saturated heterocycles. The molecule has 1 heterocycles. The van der Waals surface area contributed by atoms with E-state index >= 15 is 0 Å². The molecular weight excluding hydrogens is 360 g/mol. The summed E-state index contributed by atoms with van der Waals surface area (Å²) in [5, 5.41) is 16.1. The van der Waals surface area contributed by atoms with Crippen LogP contribution in [0.25, 0.3) is 0 Å². The fourth-order valence-corrected chi connectivity index (χ4v) is 3.22. The van der Waals surface area contributed by atoms with Gasteiger partial charge in [-0.25, -0.2) is 9.78 Å². The van der Waals surface area contributed by atoms with Crippen LogP contribution in [-0.4, -0.2) is 35.9 Å². The van der Waals surface area contributed by atoms with Crippen molar-refractivity contribution < 1.29 is 14.6 Å². The molecule has 1 aromatic heterocycles. The number of rotatable bonds is 11. The highest BCUT2D eigenvalue weighted by Gasteiger charge is 2.32. The number of aliphatic hydroxyl groups excluding tert-OH is 1. The van der Waals surface area contributed by atoms with E-state index in [1.807, 2.05) is 31.4 Å². The number of amides is 1. The Hall–Kier alpha value is -2.18. The quantitative estimate of drug-likeness (QED) is 0.436. The van der Waals surface area contributed by atoms with Gasteiger partial charge in [-0.15, -0.1) is 17.9 Å². The van der Waals surface area contributed by atoms with Crippen LogP contribution in [0.4, 0.5) is 4.79 Å². The van der Waals surface area contributed by atoms with Gasteiger partial charge in [-0.2, -0.15) is 0 Å². The smallest absolute Gasteiger partial charge is 0.407 e. The number of thiazole rings is 1. The minimum absolute atomic E-state index is 0.303. The lowest BCUT2D eigenvalue weighted by molar-refractivity contribution is 0.102. The first-order valence-corrected chi connectivity index (χ1v) is 9.74. The van der Waals surface area contributed by atoms with E-state index in [-0.39, 0.29) is 0 Å². The van der Waals surface area contributed by atoms with E-state index in [4.69, 9.17) is 0 Å². The number of alkyl carbamates (subject to hydrolysis) is 1. The first-order valence-electron chi connectivity index (χ1n) is 8.86. The Morgan fingerprint density at radius 2 is 2.19 bits per heavy atom. The van der Waals surface area contributed by atoms with Crippen LogP contribution in [0.1, 0.15) is 37.4 Å². The summed E-state index contributed by atoms with van der Waals surface area (Å²) < 4.78 is 4.51. The Kier molecular flexibility index (Phi) is 9.75. The van der Waals surface area contributed by atoms with Gasteiger partial charge in [0, 0.05) is 23.8 Å². The number of nitrogens with zero attached hydrogens (tertiary/aromatic N) is 1. The summed E-state index contributed by atoms with van der Waals surface area (Å²) in [5.74, 6) is 0. The Labute approximate surface area is 166 Å². The molecule has 0 spiro atoms. The Bertz CT molecular complexity index is 689. The topological polar surface area (TPSA) is 71.5 Å². The van der Waals surface area contributed by atoms with E-state index in [1.54, 1.807) is 17.4 Å². The van der Waals surface area contributed by atoms with Gasteiger partial charge in [-0.1, -0.05) is 50.8 Å². The maximum atomic E-state index is 11.0. The third-order valence-corrected chi connectivity index (χ3v) is 5.32. The molecule has 0 fully saturated rings. The summed E-state index contributed by atoms with van der Waals surface area (Å²) in [6.45, 7) is 11.8. The number of carbonyl (C=O) groups excluding carboxylic acids is 1. The fraction of sp³-hybridized carbons (Fsp3) is 0.429. The van der Waals surface area contributed by atoms with Gasteiger partial charge in [0.2, 0.25) is 0 Å². The van der Waals surface area contributed by atoms with Crippen LogP contribution in [0.15, 0.2) is 54.5 Å². The monoisotopic (exact) mass is 390 g/mol. The van der Waals surface area contributed by atoms with Gasteiger partial charge < -0.3 is 15.2 Å². The van der Waals surface area contributed by atoms with Crippen LogP contribution >= 0.6 is 11.3 Å². The van der Waals surface area contributed by atoms with Crippen LogP contribution in [0.2, 0.25) is 0 Å². The molecular formula is C21H30N2O3S. The van der Waals surface area contributed by atoms with Gasteiger partial charge in [-0.05, 0) is 18.4 Å². The molecule has 1 amide bonds. The lowest BCUT2D eigenvalue weighted by Gasteiger charge is -2.27. The molecule has 1 aromatic rings. The van der Waals surface area contributed by atoms with E-state index in [0.29, 0.717) is 13.0 Å².